The van der Waals surface area contributed by atoms with Crippen molar-refractivity contribution in [1.82, 2.24) is 4.90 Å². The highest BCUT2D eigenvalue weighted by Gasteiger charge is 2.46. The number of benzene rings is 1. The molecule has 2 aromatic rings. The number of halogens is 1. The number of nitrogens with zero attached hydrogens (tertiary/aromatic N) is 1. The molecule has 2 heterocycles. The highest BCUT2D eigenvalue weighted by atomic mass is 35.5. The van der Waals surface area contributed by atoms with Crippen molar-refractivity contribution in [3.8, 4) is 11.5 Å². The lowest BCUT2D eigenvalue weighted by Crippen LogP contribution is -2.32. The van der Waals surface area contributed by atoms with E-state index in [2.05, 4.69) is 0 Å². The average Bonchev–Trinajstić information content (AvgIpc) is 3.33. The van der Waals surface area contributed by atoms with Gasteiger partial charge in [0.1, 0.15) is 17.3 Å². The van der Waals surface area contributed by atoms with E-state index >= 15 is 0 Å². The number of rotatable bonds is 7. The summed E-state index contributed by atoms with van der Waals surface area (Å²) in [6.07, 6.45) is 0. The van der Waals surface area contributed by atoms with E-state index in [-0.39, 0.29) is 40.8 Å². The van der Waals surface area contributed by atoms with Crippen LogP contribution in [0.1, 0.15) is 16.5 Å². The summed E-state index contributed by atoms with van der Waals surface area (Å²) in [6, 6.07) is 5.87. The van der Waals surface area contributed by atoms with Crippen molar-refractivity contribution in [2.45, 2.75) is 6.04 Å². The third-order valence-electron chi connectivity index (χ3n) is 4.62. The first-order chi connectivity index (χ1) is 13.9. The monoisotopic (exact) mass is 437 g/mol. The summed E-state index contributed by atoms with van der Waals surface area (Å²) in [4.78, 5) is 27.7. The van der Waals surface area contributed by atoms with Gasteiger partial charge in [-0.1, -0.05) is 17.7 Å². The van der Waals surface area contributed by atoms with Crippen LogP contribution in [0.25, 0.3) is 5.76 Å². The van der Waals surface area contributed by atoms with E-state index in [1.165, 1.54) is 49.7 Å². The normalized spacial score (nSPS) is 18.3. The predicted octanol–water partition coefficient (Wildman–Crippen LogP) is 3.49. The summed E-state index contributed by atoms with van der Waals surface area (Å²) < 4.78 is 15.6. The minimum absolute atomic E-state index is 0.0203. The van der Waals surface area contributed by atoms with Crippen LogP contribution in [0, 0.1) is 0 Å². The highest BCUT2D eigenvalue weighted by Crippen LogP contribution is 2.43. The fraction of sp³-hybridized carbons (Fsp3) is 0.300. The van der Waals surface area contributed by atoms with Crippen LogP contribution in [0.3, 0.4) is 0 Å². The Kier molecular flexibility index (Phi) is 6.46. The molecule has 9 heteroatoms. The van der Waals surface area contributed by atoms with Crippen molar-refractivity contribution in [1.29, 1.82) is 0 Å². The maximum atomic E-state index is 12.9. The third-order valence-corrected chi connectivity index (χ3v) is 5.84. The van der Waals surface area contributed by atoms with Crippen LogP contribution in [-0.2, 0) is 14.3 Å². The number of ether oxygens (including phenoxy) is 3. The van der Waals surface area contributed by atoms with E-state index in [9.17, 15) is 14.7 Å². The number of aliphatic hydroxyl groups excluding tert-OH is 1. The van der Waals surface area contributed by atoms with E-state index in [1.54, 1.807) is 0 Å². The van der Waals surface area contributed by atoms with Crippen LogP contribution in [0.5, 0.6) is 11.5 Å². The lowest BCUT2D eigenvalue weighted by atomic mass is 9.99. The zero-order valence-corrected chi connectivity index (χ0v) is 17.7. The molecule has 1 amide bonds. The Balaban J connectivity index is 2.20. The Bertz CT molecular complexity index is 956. The lowest BCUT2D eigenvalue weighted by molar-refractivity contribution is -0.140. The summed E-state index contributed by atoms with van der Waals surface area (Å²) >= 11 is 7.60. The molecule has 3 rings (SSSR count). The summed E-state index contributed by atoms with van der Waals surface area (Å²) in [5, 5.41) is 13.2. The predicted molar refractivity (Wildman–Crippen MR) is 110 cm³/mol. The molecule has 0 bridgehead atoms. The van der Waals surface area contributed by atoms with Gasteiger partial charge in [-0.25, -0.2) is 0 Å². The van der Waals surface area contributed by atoms with Crippen molar-refractivity contribution in [2.24, 2.45) is 0 Å². The molecule has 1 aromatic carbocycles. The quantitative estimate of drug-likeness (QED) is 0.405. The van der Waals surface area contributed by atoms with Gasteiger partial charge in [0.15, 0.2) is 0 Å². The summed E-state index contributed by atoms with van der Waals surface area (Å²) in [6.45, 7) is 0.466. The topological polar surface area (TPSA) is 85.3 Å². The maximum absolute atomic E-state index is 12.9. The number of ketones is 1. The van der Waals surface area contributed by atoms with E-state index < -0.39 is 17.7 Å². The van der Waals surface area contributed by atoms with Gasteiger partial charge in [0, 0.05) is 24.6 Å². The van der Waals surface area contributed by atoms with Crippen LogP contribution in [0.4, 0.5) is 0 Å². The molecule has 1 atom stereocenters. The lowest BCUT2D eigenvalue weighted by Gasteiger charge is -2.23. The Hall–Kier alpha value is -2.55. The molecule has 0 saturated carbocycles. The first-order valence-corrected chi connectivity index (χ1v) is 9.93. The Morgan fingerprint density at radius 3 is 2.52 bits per heavy atom. The zero-order chi connectivity index (χ0) is 21.1. The number of hydrogen-bond acceptors (Lipinski definition) is 7. The highest BCUT2D eigenvalue weighted by molar-refractivity contribution is 7.10. The number of likely N-dealkylation sites (tertiary alicyclic amines) is 1. The number of carbonyl (C=O) groups is 2. The first-order valence-electron chi connectivity index (χ1n) is 8.67. The second kappa shape index (κ2) is 8.86. The van der Waals surface area contributed by atoms with Crippen molar-refractivity contribution in [2.75, 3.05) is 34.5 Å². The molecule has 1 N–H and O–H groups in total. The van der Waals surface area contributed by atoms with Gasteiger partial charge in [-0.2, -0.15) is 0 Å². The van der Waals surface area contributed by atoms with E-state index in [0.717, 1.165) is 4.88 Å². The van der Waals surface area contributed by atoms with Crippen LogP contribution in [0.15, 0.2) is 35.2 Å². The molecule has 0 spiro atoms. The fourth-order valence-corrected chi connectivity index (χ4v) is 4.32. The van der Waals surface area contributed by atoms with Crippen LogP contribution in [0.2, 0.25) is 5.02 Å². The second-order valence-corrected chi connectivity index (χ2v) is 7.57. The molecule has 1 aromatic heterocycles. The largest absolute Gasteiger partial charge is 0.507 e. The van der Waals surface area contributed by atoms with Crippen LogP contribution < -0.4 is 9.47 Å². The summed E-state index contributed by atoms with van der Waals surface area (Å²) in [5.41, 5.74) is 0.178. The molecule has 7 nitrogen and oxygen atoms in total. The molecule has 1 aliphatic heterocycles. The summed E-state index contributed by atoms with van der Waals surface area (Å²) in [5.74, 6) is -1.21. The number of thiophene rings is 1. The molecule has 1 unspecified atom stereocenters. The van der Waals surface area contributed by atoms with Gasteiger partial charge in [-0.3, -0.25) is 9.59 Å². The first kappa shape index (κ1) is 21.2. The number of hydrogen-bond donors (Lipinski definition) is 1. The molecule has 29 heavy (non-hydrogen) atoms. The van der Waals surface area contributed by atoms with Crippen molar-refractivity contribution in [3.63, 3.8) is 0 Å². The van der Waals surface area contributed by atoms with Crippen molar-refractivity contribution in [3.05, 3.63) is 50.7 Å². The van der Waals surface area contributed by atoms with Gasteiger partial charge in [0.2, 0.25) is 0 Å². The fourth-order valence-electron chi connectivity index (χ4n) is 3.23. The SMILES string of the molecule is COCCN1C(=O)C(=O)/C(=C(\O)c2cc(Cl)c(OC)cc2OC)C1c1cccs1. The number of carbonyl (C=O) groups excluding carboxylic acids is 2. The van der Waals surface area contributed by atoms with E-state index in [0.29, 0.717) is 5.75 Å². The molecular formula is C20H20ClNO6S. The molecule has 154 valence electrons. The zero-order valence-electron chi connectivity index (χ0n) is 16.1. The number of methoxy groups -OCH3 is 3. The molecule has 1 saturated heterocycles. The summed E-state index contributed by atoms with van der Waals surface area (Å²) in [7, 11) is 4.40. The van der Waals surface area contributed by atoms with Crippen molar-refractivity contribution >= 4 is 40.4 Å². The van der Waals surface area contributed by atoms with Gasteiger partial charge >= 0.3 is 0 Å². The van der Waals surface area contributed by atoms with Gasteiger partial charge in [0.25, 0.3) is 11.7 Å². The maximum Gasteiger partial charge on any atom is 0.295 e. The number of Topliss-reactive ketones (excluding diaryl/α,β-unsaturated/α-hetero) is 1. The molecule has 0 aliphatic carbocycles. The van der Waals surface area contributed by atoms with Gasteiger partial charge in [0.05, 0.1) is 43.0 Å². The van der Waals surface area contributed by atoms with E-state index in [4.69, 9.17) is 25.8 Å². The smallest absolute Gasteiger partial charge is 0.295 e. The minimum atomic E-state index is -0.772. The van der Waals surface area contributed by atoms with Crippen LogP contribution in [-0.4, -0.2) is 56.2 Å². The molecule has 1 aliphatic rings. The molecule has 0 radical (unpaired) electrons. The molecular weight excluding hydrogens is 418 g/mol. The molecule has 1 fully saturated rings. The van der Waals surface area contributed by atoms with E-state index in [1.807, 2.05) is 17.5 Å². The Labute approximate surface area is 177 Å². The van der Waals surface area contributed by atoms with Crippen molar-refractivity contribution < 1.29 is 28.9 Å². The van der Waals surface area contributed by atoms with Crippen LogP contribution >= 0.6 is 22.9 Å². The van der Waals surface area contributed by atoms with Gasteiger partial charge in [-0.05, 0) is 17.5 Å². The number of amides is 1. The standard InChI is InChI=1S/C20H20ClNO6S/c1-26-7-6-22-17(15-5-4-8-29-15)16(19(24)20(22)25)18(23)11-9-12(21)14(28-3)10-13(11)27-2/h4-5,8-10,17,23H,6-7H2,1-3H3/b18-16-. The third kappa shape index (κ3) is 3.83. The minimum Gasteiger partial charge on any atom is -0.507 e. The Morgan fingerprint density at radius 1 is 1.21 bits per heavy atom. The van der Waals surface area contributed by atoms with Gasteiger partial charge in [-0.15, -0.1) is 11.3 Å². The average molecular weight is 438 g/mol. The Morgan fingerprint density at radius 2 is 1.93 bits per heavy atom. The second-order valence-electron chi connectivity index (χ2n) is 6.19. The number of aliphatic hydroxyl groups is 1. The van der Waals surface area contributed by atoms with Gasteiger partial charge < -0.3 is 24.2 Å².